The van der Waals surface area contributed by atoms with Gasteiger partial charge in [-0.1, -0.05) is 6.42 Å². The summed E-state index contributed by atoms with van der Waals surface area (Å²) in [5.41, 5.74) is 1.31. The largest absolute Gasteiger partial charge is 0.454 e. The normalized spacial score (nSPS) is 13.7. The number of carbonyl (C=O) groups excluding carboxylic acids is 2. The van der Waals surface area contributed by atoms with E-state index in [2.05, 4.69) is 4.98 Å². The second-order valence-corrected chi connectivity index (χ2v) is 8.81. The van der Waals surface area contributed by atoms with E-state index >= 15 is 0 Å². The number of hydrogen-bond acceptors (Lipinski definition) is 6. The number of aryl methyl sites for hydroxylation is 3. The average molecular weight is 410 g/mol. The number of ether oxygens (including phenoxy) is 1. The number of nitrogens with zero attached hydrogens (tertiary/aromatic N) is 2. The third kappa shape index (κ3) is 3.87. The predicted octanol–water partition coefficient (Wildman–Crippen LogP) is 3.84. The first kappa shape index (κ1) is 19.5. The second-order valence-electron chi connectivity index (χ2n) is 7.35. The smallest absolute Gasteiger partial charge is 0.338 e. The number of esters is 1. The molecule has 0 fully saturated rings. The fourth-order valence-electron chi connectivity index (χ4n) is 3.75. The van der Waals surface area contributed by atoms with Gasteiger partial charge in [-0.3, -0.25) is 14.2 Å². The van der Waals surface area contributed by atoms with Crippen LogP contribution in [0.1, 0.15) is 55.6 Å². The number of carbonyl (C=O) groups is 2. The van der Waals surface area contributed by atoms with E-state index in [9.17, 15) is 14.4 Å². The van der Waals surface area contributed by atoms with Gasteiger partial charge >= 0.3 is 5.97 Å². The molecular formula is C22H22N2O4S. The van der Waals surface area contributed by atoms with Gasteiger partial charge in [0.05, 0.1) is 16.5 Å². The molecule has 7 heteroatoms. The van der Waals surface area contributed by atoms with Crippen molar-refractivity contribution in [2.75, 3.05) is 6.61 Å². The van der Waals surface area contributed by atoms with E-state index in [1.54, 1.807) is 34.1 Å². The number of rotatable bonds is 4. The molecule has 2 aromatic heterocycles. The number of Topliss-reactive ketones (excluding diaryl/α,β-unsaturated/α-hetero) is 1. The van der Waals surface area contributed by atoms with E-state index in [0.717, 1.165) is 41.3 Å². The second kappa shape index (κ2) is 7.91. The summed E-state index contributed by atoms with van der Waals surface area (Å²) in [6.45, 7) is 4.19. The first-order valence-corrected chi connectivity index (χ1v) is 10.6. The Kier molecular flexibility index (Phi) is 5.32. The van der Waals surface area contributed by atoms with Crippen LogP contribution in [-0.4, -0.2) is 27.9 Å². The van der Waals surface area contributed by atoms with Gasteiger partial charge in [0.25, 0.3) is 5.56 Å². The average Bonchev–Trinajstić information content (AvgIpc) is 2.90. The maximum Gasteiger partial charge on any atom is 0.338 e. The minimum absolute atomic E-state index is 0.0645. The molecule has 1 aliphatic rings. The zero-order chi connectivity index (χ0) is 20.5. The molecule has 0 spiro atoms. The molecule has 0 radical (unpaired) electrons. The maximum atomic E-state index is 12.8. The molecule has 0 atom stereocenters. The van der Waals surface area contributed by atoms with Crippen LogP contribution in [-0.2, 0) is 17.7 Å². The van der Waals surface area contributed by atoms with Crippen LogP contribution in [0.15, 0.2) is 29.1 Å². The predicted molar refractivity (Wildman–Crippen MR) is 112 cm³/mol. The van der Waals surface area contributed by atoms with Gasteiger partial charge in [-0.2, -0.15) is 0 Å². The van der Waals surface area contributed by atoms with Gasteiger partial charge in [-0.05, 0) is 51.0 Å². The van der Waals surface area contributed by atoms with Crippen molar-refractivity contribution >= 4 is 34.0 Å². The van der Waals surface area contributed by atoms with Gasteiger partial charge in [-0.15, -0.1) is 11.3 Å². The summed E-state index contributed by atoms with van der Waals surface area (Å²) in [7, 11) is 0. The zero-order valence-corrected chi connectivity index (χ0v) is 17.3. The van der Waals surface area contributed by atoms with E-state index in [0.29, 0.717) is 23.0 Å². The first-order valence-electron chi connectivity index (χ1n) is 9.75. The van der Waals surface area contributed by atoms with Gasteiger partial charge in [-0.25, -0.2) is 9.78 Å². The van der Waals surface area contributed by atoms with Gasteiger partial charge in [0.2, 0.25) is 5.78 Å². The van der Waals surface area contributed by atoms with Crippen LogP contribution in [0.4, 0.5) is 0 Å². The van der Waals surface area contributed by atoms with Crippen LogP contribution >= 0.6 is 11.3 Å². The van der Waals surface area contributed by atoms with E-state index in [1.807, 2.05) is 19.9 Å². The lowest BCUT2D eigenvalue weighted by molar-refractivity contribution is 0.0475. The standard InChI is InChI=1S/C22H22N2O4S/c1-13-10-17(14(2)29-13)19(25)12-28-22(27)15-7-8-16-18(11-15)23-20-6-4-3-5-9-24(20)21(16)26/h7-8,10-11H,3-6,9,12H2,1-2H3. The summed E-state index contributed by atoms with van der Waals surface area (Å²) >= 11 is 1.54. The van der Waals surface area contributed by atoms with Crippen LogP contribution in [0.3, 0.4) is 0 Å². The molecule has 0 bridgehead atoms. The van der Waals surface area contributed by atoms with Gasteiger partial charge in [0, 0.05) is 28.3 Å². The molecule has 0 amide bonds. The Morgan fingerprint density at radius 2 is 2.00 bits per heavy atom. The Morgan fingerprint density at radius 1 is 1.17 bits per heavy atom. The van der Waals surface area contributed by atoms with Crippen molar-refractivity contribution in [1.29, 1.82) is 0 Å². The Labute approximate surface area is 172 Å². The van der Waals surface area contributed by atoms with Gasteiger partial charge in [0.15, 0.2) is 6.61 Å². The number of fused-ring (bicyclic) bond motifs is 2. The highest BCUT2D eigenvalue weighted by molar-refractivity contribution is 7.12. The number of thiophene rings is 1. The molecule has 1 aliphatic heterocycles. The molecule has 4 rings (SSSR count). The summed E-state index contributed by atoms with van der Waals surface area (Å²) in [5.74, 6) is -0.0478. The number of ketones is 1. The van der Waals surface area contributed by atoms with Crippen LogP contribution in [0, 0.1) is 13.8 Å². The molecule has 0 N–H and O–H groups in total. The Morgan fingerprint density at radius 3 is 2.76 bits per heavy atom. The minimum Gasteiger partial charge on any atom is -0.454 e. The van der Waals surface area contributed by atoms with Gasteiger partial charge < -0.3 is 4.74 Å². The van der Waals surface area contributed by atoms with Crippen molar-refractivity contribution in [2.45, 2.75) is 46.1 Å². The molecule has 150 valence electrons. The maximum absolute atomic E-state index is 12.8. The molecule has 0 unspecified atom stereocenters. The third-order valence-electron chi connectivity index (χ3n) is 5.23. The summed E-state index contributed by atoms with van der Waals surface area (Å²) in [6.07, 6.45) is 3.81. The first-order chi connectivity index (χ1) is 13.9. The summed E-state index contributed by atoms with van der Waals surface area (Å²) < 4.78 is 6.97. The Hall–Kier alpha value is -2.80. The van der Waals surface area contributed by atoms with Crippen molar-refractivity contribution in [3.63, 3.8) is 0 Å². The highest BCUT2D eigenvalue weighted by Crippen LogP contribution is 2.21. The van der Waals surface area contributed by atoms with Crippen molar-refractivity contribution in [2.24, 2.45) is 0 Å². The number of hydrogen-bond donors (Lipinski definition) is 0. The quantitative estimate of drug-likeness (QED) is 0.482. The zero-order valence-electron chi connectivity index (χ0n) is 16.5. The lowest BCUT2D eigenvalue weighted by Gasteiger charge is -2.11. The summed E-state index contributed by atoms with van der Waals surface area (Å²) in [5, 5.41) is 0.493. The Balaban J connectivity index is 1.56. The van der Waals surface area contributed by atoms with Crippen LogP contribution in [0.2, 0.25) is 0 Å². The lowest BCUT2D eigenvalue weighted by Crippen LogP contribution is -2.24. The van der Waals surface area contributed by atoms with E-state index in [-0.39, 0.29) is 23.5 Å². The molecule has 29 heavy (non-hydrogen) atoms. The molecule has 1 aromatic carbocycles. The van der Waals surface area contributed by atoms with Crippen molar-refractivity contribution in [1.82, 2.24) is 9.55 Å². The van der Waals surface area contributed by atoms with Crippen LogP contribution in [0.25, 0.3) is 10.9 Å². The van der Waals surface area contributed by atoms with E-state index in [1.165, 1.54) is 0 Å². The monoisotopic (exact) mass is 410 g/mol. The minimum atomic E-state index is -0.596. The highest BCUT2D eigenvalue weighted by atomic mass is 32.1. The molecule has 0 saturated carbocycles. The van der Waals surface area contributed by atoms with Crippen LogP contribution in [0.5, 0.6) is 0 Å². The van der Waals surface area contributed by atoms with Gasteiger partial charge in [0.1, 0.15) is 5.82 Å². The van der Waals surface area contributed by atoms with Crippen molar-refractivity contribution < 1.29 is 14.3 Å². The van der Waals surface area contributed by atoms with Crippen LogP contribution < -0.4 is 5.56 Å². The molecule has 3 heterocycles. The number of benzene rings is 1. The summed E-state index contributed by atoms with van der Waals surface area (Å²) in [4.78, 5) is 44.2. The van der Waals surface area contributed by atoms with Crippen molar-refractivity contribution in [3.05, 3.63) is 61.3 Å². The molecule has 6 nitrogen and oxygen atoms in total. The van der Waals surface area contributed by atoms with Crippen molar-refractivity contribution in [3.8, 4) is 0 Å². The molecule has 0 saturated heterocycles. The number of aromatic nitrogens is 2. The SMILES string of the molecule is Cc1cc(C(=O)COC(=O)c2ccc3c(=O)n4c(nc3c2)CCCCC4)c(C)s1. The molecular weight excluding hydrogens is 388 g/mol. The fourth-order valence-corrected chi connectivity index (χ4v) is 4.69. The molecule has 0 aliphatic carbocycles. The lowest BCUT2D eigenvalue weighted by atomic mass is 10.1. The van der Waals surface area contributed by atoms with E-state index in [4.69, 9.17) is 4.74 Å². The van der Waals surface area contributed by atoms with E-state index < -0.39 is 5.97 Å². The fraction of sp³-hybridized carbons (Fsp3) is 0.364. The topological polar surface area (TPSA) is 78.3 Å². The highest BCUT2D eigenvalue weighted by Gasteiger charge is 2.18. The Bertz CT molecular complexity index is 1180. The summed E-state index contributed by atoms with van der Waals surface area (Å²) in [6, 6.07) is 6.57. The molecule has 3 aromatic rings. The third-order valence-corrected chi connectivity index (χ3v) is 6.19.